The average molecular weight is 360 g/mol. The van der Waals surface area contributed by atoms with Crippen LogP contribution in [-0.2, 0) is 11.3 Å². The lowest BCUT2D eigenvalue weighted by Gasteiger charge is -2.22. The zero-order chi connectivity index (χ0) is 17.6. The monoisotopic (exact) mass is 359 g/mol. The van der Waals surface area contributed by atoms with E-state index in [-0.39, 0.29) is 18.7 Å². The van der Waals surface area contributed by atoms with Gasteiger partial charge >= 0.3 is 5.97 Å². The van der Waals surface area contributed by atoms with Gasteiger partial charge in [-0.2, -0.15) is 0 Å². The number of halogens is 1. The topological polar surface area (TPSA) is 61.6 Å². The van der Waals surface area contributed by atoms with Crippen molar-refractivity contribution in [1.29, 1.82) is 0 Å². The molecule has 2 N–H and O–H groups in total. The second kappa shape index (κ2) is 8.26. The molecule has 0 bridgehead atoms. The van der Waals surface area contributed by atoms with Crippen LogP contribution < -0.4 is 10.5 Å². The van der Waals surface area contributed by atoms with E-state index in [4.69, 9.17) is 26.8 Å². The SMILES string of the molecule is Nc1ccc(C(=O)OC2CCCCC2)cc1OCc1ccccc1Cl. The molecule has 0 radical (unpaired) electrons. The number of nitrogens with two attached hydrogens (primary N) is 1. The fraction of sp³-hybridized carbons (Fsp3) is 0.350. The molecule has 2 aromatic rings. The molecule has 2 aromatic carbocycles. The van der Waals surface area contributed by atoms with Gasteiger partial charge < -0.3 is 15.2 Å². The second-order valence-electron chi connectivity index (χ2n) is 6.30. The number of esters is 1. The Labute approximate surface area is 152 Å². The van der Waals surface area contributed by atoms with Gasteiger partial charge in [0, 0.05) is 10.6 Å². The summed E-state index contributed by atoms with van der Waals surface area (Å²) in [6.07, 6.45) is 5.35. The summed E-state index contributed by atoms with van der Waals surface area (Å²) in [6, 6.07) is 12.4. The molecule has 0 saturated heterocycles. The first kappa shape index (κ1) is 17.6. The van der Waals surface area contributed by atoms with Crippen molar-refractivity contribution in [1.82, 2.24) is 0 Å². The standard InChI is InChI=1S/C20H22ClNO3/c21-17-9-5-4-6-15(17)13-24-19-12-14(10-11-18(19)22)20(23)25-16-7-2-1-3-8-16/h4-6,9-12,16H,1-3,7-8,13,22H2. The molecular formula is C20H22ClNO3. The Morgan fingerprint density at radius 2 is 1.88 bits per heavy atom. The quantitative estimate of drug-likeness (QED) is 0.603. The first-order valence-corrected chi connectivity index (χ1v) is 8.98. The van der Waals surface area contributed by atoms with Crippen LogP contribution in [0, 0.1) is 0 Å². The zero-order valence-electron chi connectivity index (χ0n) is 14.0. The molecule has 4 nitrogen and oxygen atoms in total. The summed E-state index contributed by atoms with van der Waals surface area (Å²) in [5.41, 5.74) is 7.75. The third-order valence-corrected chi connectivity index (χ3v) is 4.78. The fourth-order valence-electron chi connectivity index (χ4n) is 2.96. The Hall–Kier alpha value is -2.20. The highest BCUT2D eigenvalue weighted by Gasteiger charge is 2.19. The van der Waals surface area contributed by atoms with Gasteiger partial charge in [0.25, 0.3) is 0 Å². The van der Waals surface area contributed by atoms with Crippen molar-refractivity contribution in [2.75, 3.05) is 5.73 Å². The minimum atomic E-state index is -0.325. The molecule has 0 amide bonds. The van der Waals surface area contributed by atoms with E-state index in [0.29, 0.717) is 22.0 Å². The largest absolute Gasteiger partial charge is 0.487 e. The first-order chi connectivity index (χ1) is 12.1. The number of ether oxygens (including phenoxy) is 2. The predicted octanol–water partition coefficient (Wildman–Crippen LogP) is 4.99. The summed E-state index contributed by atoms with van der Waals surface area (Å²) in [5, 5.41) is 0.633. The summed E-state index contributed by atoms with van der Waals surface area (Å²) in [4.78, 5) is 12.4. The van der Waals surface area contributed by atoms with Crippen molar-refractivity contribution in [3.8, 4) is 5.75 Å². The van der Waals surface area contributed by atoms with E-state index in [1.807, 2.05) is 24.3 Å². The summed E-state index contributed by atoms with van der Waals surface area (Å²) in [7, 11) is 0. The molecule has 1 saturated carbocycles. The molecule has 1 fully saturated rings. The van der Waals surface area contributed by atoms with Crippen LogP contribution in [0.1, 0.15) is 48.0 Å². The normalized spacial score (nSPS) is 14.9. The number of hydrogen-bond acceptors (Lipinski definition) is 4. The summed E-state index contributed by atoms with van der Waals surface area (Å²) >= 11 is 6.14. The van der Waals surface area contributed by atoms with Gasteiger partial charge in [0.15, 0.2) is 0 Å². The molecule has 132 valence electrons. The van der Waals surface area contributed by atoms with Crippen molar-refractivity contribution in [3.63, 3.8) is 0 Å². The van der Waals surface area contributed by atoms with E-state index in [1.54, 1.807) is 18.2 Å². The van der Waals surface area contributed by atoms with Crippen LogP contribution >= 0.6 is 11.6 Å². The van der Waals surface area contributed by atoms with Gasteiger partial charge in [0.1, 0.15) is 18.5 Å². The molecular weight excluding hydrogens is 338 g/mol. The average Bonchev–Trinajstić information content (AvgIpc) is 2.63. The molecule has 25 heavy (non-hydrogen) atoms. The predicted molar refractivity (Wildman–Crippen MR) is 98.9 cm³/mol. The molecule has 1 aliphatic rings. The van der Waals surface area contributed by atoms with Gasteiger partial charge in [-0.25, -0.2) is 4.79 Å². The number of nitrogen functional groups attached to an aromatic ring is 1. The van der Waals surface area contributed by atoms with Gasteiger partial charge in [-0.15, -0.1) is 0 Å². The van der Waals surface area contributed by atoms with E-state index in [9.17, 15) is 4.79 Å². The van der Waals surface area contributed by atoms with E-state index in [0.717, 1.165) is 31.2 Å². The molecule has 5 heteroatoms. The van der Waals surface area contributed by atoms with Gasteiger partial charge in [0.05, 0.1) is 11.3 Å². The maximum Gasteiger partial charge on any atom is 0.338 e. The third-order valence-electron chi connectivity index (χ3n) is 4.42. The first-order valence-electron chi connectivity index (χ1n) is 8.60. The summed E-state index contributed by atoms with van der Waals surface area (Å²) in [6.45, 7) is 0.283. The summed E-state index contributed by atoms with van der Waals surface area (Å²) in [5.74, 6) is 0.132. The zero-order valence-corrected chi connectivity index (χ0v) is 14.8. The number of rotatable bonds is 5. The van der Waals surface area contributed by atoms with Gasteiger partial charge in [-0.05, 0) is 49.9 Å². The van der Waals surface area contributed by atoms with Crippen molar-refractivity contribution < 1.29 is 14.3 Å². The lowest BCUT2D eigenvalue weighted by atomic mass is 9.98. The van der Waals surface area contributed by atoms with Crippen LogP contribution in [0.4, 0.5) is 5.69 Å². The third kappa shape index (κ3) is 4.67. The molecule has 1 aliphatic carbocycles. The second-order valence-corrected chi connectivity index (χ2v) is 6.71. The molecule has 3 rings (SSSR count). The molecule has 0 aromatic heterocycles. The molecule has 0 unspecified atom stereocenters. The molecule has 0 spiro atoms. The Morgan fingerprint density at radius 3 is 2.64 bits per heavy atom. The van der Waals surface area contributed by atoms with E-state index in [2.05, 4.69) is 0 Å². The lowest BCUT2D eigenvalue weighted by molar-refractivity contribution is 0.0211. The fourth-order valence-corrected chi connectivity index (χ4v) is 3.15. The number of hydrogen-bond donors (Lipinski definition) is 1. The van der Waals surface area contributed by atoms with Crippen molar-refractivity contribution >= 4 is 23.3 Å². The van der Waals surface area contributed by atoms with Gasteiger partial charge in [-0.3, -0.25) is 0 Å². The number of benzene rings is 2. The van der Waals surface area contributed by atoms with Gasteiger partial charge in [0.2, 0.25) is 0 Å². The van der Waals surface area contributed by atoms with Crippen LogP contribution in [0.25, 0.3) is 0 Å². The Bertz CT molecular complexity index is 741. The van der Waals surface area contributed by atoms with E-state index in [1.165, 1.54) is 6.42 Å². The highest BCUT2D eigenvalue weighted by atomic mass is 35.5. The van der Waals surface area contributed by atoms with Crippen LogP contribution in [0.5, 0.6) is 5.75 Å². The van der Waals surface area contributed by atoms with Crippen LogP contribution in [0.2, 0.25) is 5.02 Å². The molecule has 0 aliphatic heterocycles. The highest BCUT2D eigenvalue weighted by Crippen LogP contribution is 2.27. The molecule has 0 atom stereocenters. The lowest BCUT2D eigenvalue weighted by Crippen LogP contribution is -2.21. The Morgan fingerprint density at radius 1 is 1.12 bits per heavy atom. The number of anilines is 1. The minimum Gasteiger partial charge on any atom is -0.487 e. The van der Waals surface area contributed by atoms with Crippen molar-refractivity contribution in [3.05, 3.63) is 58.6 Å². The number of carbonyl (C=O) groups excluding carboxylic acids is 1. The summed E-state index contributed by atoms with van der Waals surface area (Å²) < 4.78 is 11.4. The van der Waals surface area contributed by atoms with Gasteiger partial charge in [-0.1, -0.05) is 36.2 Å². The van der Waals surface area contributed by atoms with E-state index < -0.39 is 0 Å². The highest BCUT2D eigenvalue weighted by molar-refractivity contribution is 6.31. The minimum absolute atomic E-state index is 0.0197. The Kier molecular flexibility index (Phi) is 5.82. The van der Waals surface area contributed by atoms with Crippen LogP contribution in [-0.4, -0.2) is 12.1 Å². The maximum absolute atomic E-state index is 12.4. The molecule has 0 heterocycles. The van der Waals surface area contributed by atoms with Crippen molar-refractivity contribution in [2.24, 2.45) is 0 Å². The van der Waals surface area contributed by atoms with E-state index >= 15 is 0 Å². The van der Waals surface area contributed by atoms with Crippen molar-refractivity contribution in [2.45, 2.75) is 44.8 Å². The Balaban J connectivity index is 1.67. The smallest absolute Gasteiger partial charge is 0.338 e. The maximum atomic E-state index is 12.4. The van der Waals surface area contributed by atoms with Crippen LogP contribution in [0.15, 0.2) is 42.5 Å². The van der Waals surface area contributed by atoms with Crippen LogP contribution in [0.3, 0.4) is 0 Å². The number of carbonyl (C=O) groups is 1.